The summed E-state index contributed by atoms with van der Waals surface area (Å²) in [5.74, 6) is -3.68. The van der Waals surface area contributed by atoms with Crippen molar-refractivity contribution in [3.8, 4) is 0 Å². The minimum absolute atomic E-state index is 0. The largest absolute Gasteiger partial charge is 1.00 e. The van der Waals surface area contributed by atoms with Gasteiger partial charge in [0.05, 0.1) is 0 Å². The molecule has 0 aromatic rings. The normalized spacial score (nSPS) is 12.2. The molecule has 0 amide bonds. The number of Topliss-reactive ketones (excluding diaryl/α,β-unsaturated/α-hetero) is 1. The molecule has 11 heavy (non-hydrogen) atoms. The molecular weight excluding hydrogens is 173 g/mol. The van der Waals surface area contributed by atoms with Gasteiger partial charge < -0.3 is 1.43 Å². The van der Waals surface area contributed by atoms with E-state index >= 15 is 0 Å². The standard InChI is InChI=1S/C3F6O.Li.H/c4-2(5,6)1(10)3(7,8)9;;/q;+1;-1. The monoisotopic (exact) mass is 174 g/mol. The van der Waals surface area contributed by atoms with Gasteiger partial charge in [0.25, 0.3) is 0 Å². The van der Waals surface area contributed by atoms with Gasteiger partial charge in [-0.05, 0) is 0 Å². The van der Waals surface area contributed by atoms with Crippen molar-refractivity contribution in [2.75, 3.05) is 0 Å². The van der Waals surface area contributed by atoms with Crippen LogP contribution >= 0.6 is 0 Å². The summed E-state index contributed by atoms with van der Waals surface area (Å²) in [6.45, 7) is 0. The maximum atomic E-state index is 10.9. The number of alkyl halides is 6. The third kappa shape index (κ3) is 4.32. The number of carbonyl (C=O) groups excluding carboxylic acids is 1. The Morgan fingerprint density at radius 2 is 1.09 bits per heavy atom. The predicted molar refractivity (Wildman–Crippen MR) is 18.2 cm³/mol. The molecule has 0 aromatic heterocycles. The van der Waals surface area contributed by atoms with Crippen molar-refractivity contribution in [1.29, 1.82) is 0 Å². The fourth-order valence-corrected chi connectivity index (χ4v) is 0.161. The van der Waals surface area contributed by atoms with Gasteiger partial charge in [-0.2, -0.15) is 26.3 Å². The summed E-state index contributed by atoms with van der Waals surface area (Å²) in [6.07, 6.45) is -11.6. The quantitative estimate of drug-likeness (QED) is 0.333. The van der Waals surface area contributed by atoms with E-state index in [0.717, 1.165) is 0 Å². The second-order valence-corrected chi connectivity index (χ2v) is 1.32. The Bertz CT molecular complexity index is 134. The van der Waals surface area contributed by atoms with Gasteiger partial charge in [-0.25, -0.2) is 0 Å². The molecule has 62 valence electrons. The fourth-order valence-electron chi connectivity index (χ4n) is 0.161. The average molecular weight is 174 g/mol. The second-order valence-electron chi connectivity index (χ2n) is 1.32. The number of carbonyl (C=O) groups is 1. The Morgan fingerprint density at radius 1 is 0.909 bits per heavy atom. The van der Waals surface area contributed by atoms with Crippen LogP contribution in [0.5, 0.6) is 0 Å². The van der Waals surface area contributed by atoms with E-state index in [9.17, 15) is 31.1 Å². The average Bonchev–Trinajstić information content (AvgIpc) is 1.59. The molecular formula is C3HF6LiO. The molecule has 0 saturated heterocycles. The van der Waals surface area contributed by atoms with Crippen LogP contribution in [-0.2, 0) is 4.79 Å². The molecule has 0 heterocycles. The zero-order chi connectivity index (χ0) is 8.58. The van der Waals surface area contributed by atoms with Gasteiger partial charge in [-0.3, -0.25) is 4.79 Å². The Hall–Kier alpha value is -0.153. The van der Waals surface area contributed by atoms with Gasteiger partial charge in [-0.15, -0.1) is 0 Å². The van der Waals surface area contributed by atoms with Crippen LogP contribution < -0.4 is 18.9 Å². The Labute approximate surface area is 70.4 Å². The Balaban J connectivity index is -0.000000405. The van der Waals surface area contributed by atoms with Crippen LogP contribution in [0.2, 0.25) is 0 Å². The first kappa shape index (κ1) is 13.4. The number of halogens is 6. The summed E-state index contributed by atoms with van der Waals surface area (Å²) in [5, 5.41) is 0. The predicted octanol–water partition coefficient (Wildman–Crippen LogP) is -1.20. The van der Waals surface area contributed by atoms with Gasteiger partial charge >= 0.3 is 37.0 Å². The molecule has 0 aliphatic heterocycles. The summed E-state index contributed by atoms with van der Waals surface area (Å²) in [4.78, 5) is 9.24. The first-order chi connectivity index (χ1) is 4.15. The van der Waals surface area contributed by atoms with E-state index in [1.54, 1.807) is 0 Å². The van der Waals surface area contributed by atoms with Gasteiger partial charge in [0.1, 0.15) is 0 Å². The van der Waals surface area contributed by atoms with Crippen molar-refractivity contribution in [3.63, 3.8) is 0 Å². The zero-order valence-corrected chi connectivity index (χ0v) is 5.18. The molecule has 0 fully saturated rings. The number of hydrogen-bond donors (Lipinski definition) is 0. The van der Waals surface area contributed by atoms with Crippen LogP contribution in [0.4, 0.5) is 26.3 Å². The summed E-state index contributed by atoms with van der Waals surface area (Å²) < 4.78 is 65.3. The molecule has 0 N–H and O–H groups in total. The topological polar surface area (TPSA) is 17.1 Å². The molecule has 0 atom stereocenters. The van der Waals surface area contributed by atoms with Crippen LogP contribution in [0.15, 0.2) is 0 Å². The Kier molecular flexibility index (Phi) is 4.27. The van der Waals surface area contributed by atoms with Crippen molar-refractivity contribution in [2.24, 2.45) is 0 Å². The maximum absolute atomic E-state index is 10.9. The molecule has 0 aliphatic carbocycles. The van der Waals surface area contributed by atoms with E-state index in [4.69, 9.17) is 0 Å². The zero-order valence-electron chi connectivity index (χ0n) is 6.18. The van der Waals surface area contributed by atoms with Gasteiger partial charge in [0, 0.05) is 0 Å². The van der Waals surface area contributed by atoms with Crippen molar-refractivity contribution < 1.29 is 51.4 Å². The van der Waals surface area contributed by atoms with E-state index in [0.29, 0.717) is 0 Å². The van der Waals surface area contributed by atoms with Crippen molar-refractivity contribution in [1.82, 2.24) is 0 Å². The van der Waals surface area contributed by atoms with Crippen LogP contribution in [0.3, 0.4) is 0 Å². The van der Waals surface area contributed by atoms with Gasteiger partial charge in [-0.1, -0.05) is 0 Å². The van der Waals surface area contributed by atoms with Crippen LogP contribution in [-0.4, -0.2) is 18.1 Å². The minimum atomic E-state index is -5.82. The van der Waals surface area contributed by atoms with E-state index in [2.05, 4.69) is 0 Å². The molecule has 0 bridgehead atoms. The van der Waals surface area contributed by atoms with Crippen molar-refractivity contribution >= 4 is 5.78 Å². The molecule has 8 heteroatoms. The number of rotatable bonds is 0. The molecule has 1 nitrogen and oxygen atoms in total. The molecule has 0 unspecified atom stereocenters. The van der Waals surface area contributed by atoms with Gasteiger partial charge in [0.2, 0.25) is 0 Å². The first-order valence-electron chi connectivity index (χ1n) is 1.84. The van der Waals surface area contributed by atoms with Crippen LogP contribution in [0.25, 0.3) is 0 Å². The SMILES string of the molecule is O=C(C(F)(F)F)C(F)(F)F.[H-].[Li+]. The molecule has 0 aliphatic rings. The third-order valence-corrected chi connectivity index (χ3v) is 0.515. The van der Waals surface area contributed by atoms with Gasteiger partial charge in [0.15, 0.2) is 0 Å². The fraction of sp³-hybridized carbons (Fsp3) is 0.667. The second kappa shape index (κ2) is 3.50. The molecule has 0 saturated carbocycles. The van der Waals surface area contributed by atoms with E-state index in [-0.39, 0.29) is 20.3 Å². The molecule has 0 rings (SSSR count). The van der Waals surface area contributed by atoms with Crippen molar-refractivity contribution in [3.05, 3.63) is 0 Å². The Morgan fingerprint density at radius 3 is 1.09 bits per heavy atom. The summed E-state index contributed by atoms with van der Waals surface area (Å²) in [7, 11) is 0. The number of hydrogen-bond acceptors (Lipinski definition) is 1. The summed E-state index contributed by atoms with van der Waals surface area (Å²) >= 11 is 0. The number of ketones is 1. The first-order valence-corrected chi connectivity index (χ1v) is 1.84. The summed E-state index contributed by atoms with van der Waals surface area (Å²) in [6, 6.07) is 0. The van der Waals surface area contributed by atoms with Crippen molar-refractivity contribution in [2.45, 2.75) is 12.4 Å². The third-order valence-electron chi connectivity index (χ3n) is 0.515. The summed E-state index contributed by atoms with van der Waals surface area (Å²) in [5.41, 5.74) is 0. The molecule has 0 radical (unpaired) electrons. The molecule has 0 spiro atoms. The maximum Gasteiger partial charge on any atom is 1.00 e. The minimum Gasteiger partial charge on any atom is -1.00 e. The van der Waals surface area contributed by atoms with Crippen LogP contribution in [0.1, 0.15) is 1.43 Å². The van der Waals surface area contributed by atoms with E-state index < -0.39 is 18.1 Å². The van der Waals surface area contributed by atoms with E-state index in [1.807, 2.05) is 0 Å². The molecule has 0 aromatic carbocycles. The van der Waals surface area contributed by atoms with Crippen LogP contribution in [0, 0.1) is 0 Å². The smallest absolute Gasteiger partial charge is 1.00 e. The van der Waals surface area contributed by atoms with E-state index in [1.165, 1.54) is 0 Å².